The highest BCUT2D eigenvalue weighted by Gasteiger charge is 2.26. The number of amides is 1. The van der Waals surface area contributed by atoms with Crippen LogP contribution in [-0.4, -0.2) is 66.4 Å². The van der Waals surface area contributed by atoms with Gasteiger partial charge in [-0.25, -0.2) is 0 Å². The van der Waals surface area contributed by atoms with Crippen molar-refractivity contribution >= 4 is 5.91 Å². The highest BCUT2D eigenvalue weighted by molar-refractivity contribution is 5.94. The molecule has 0 unspecified atom stereocenters. The number of nitrogens with zero attached hydrogens (tertiary/aromatic N) is 3. The van der Waals surface area contributed by atoms with E-state index in [0.717, 1.165) is 70.1 Å². The molecule has 4 rings (SSSR count). The topological polar surface area (TPSA) is 26.8 Å². The number of piperazine rings is 1. The van der Waals surface area contributed by atoms with Crippen molar-refractivity contribution in [3.05, 3.63) is 71.3 Å². The molecule has 2 aliphatic heterocycles. The van der Waals surface area contributed by atoms with E-state index in [4.69, 9.17) is 0 Å². The van der Waals surface area contributed by atoms with Gasteiger partial charge in [0, 0.05) is 57.9 Å². The first-order chi connectivity index (χ1) is 14.2. The summed E-state index contributed by atoms with van der Waals surface area (Å²) in [6, 6.07) is 18.7. The average molecular weight is 392 g/mol. The van der Waals surface area contributed by atoms with Gasteiger partial charge in [-0.15, -0.1) is 0 Å². The van der Waals surface area contributed by atoms with E-state index in [0.29, 0.717) is 0 Å². The number of carbonyl (C=O) groups excluding carboxylic acids is 1. The Balaban J connectivity index is 1.18. The van der Waals surface area contributed by atoms with E-state index in [2.05, 4.69) is 47.1 Å². The molecule has 2 saturated heterocycles. The summed E-state index contributed by atoms with van der Waals surface area (Å²) in [6.45, 7) is 10.7. The molecule has 2 fully saturated rings. The summed E-state index contributed by atoms with van der Waals surface area (Å²) in [7, 11) is 0. The maximum absolute atomic E-state index is 12.7. The van der Waals surface area contributed by atoms with Crippen LogP contribution in [0.4, 0.5) is 0 Å². The summed E-state index contributed by atoms with van der Waals surface area (Å²) in [5.74, 6) is 0.913. The lowest BCUT2D eigenvalue weighted by molar-refractivity contribution is 0.0629. The van der Waals surface area contributed by atoms with Crippen LogP contribution < -0.4 is 0 Å². The second-order valence-electron chi connectivity index (χ2n) is 8.66. The largest absolute Gasteiger partial charge is 0.339 e. The van der Waals surface area contributed by atoms with Gasteiger partial charge in [-0.05, 0) is 43.4 Å². The van der Waals surface area contributed by atoms with Crippen LogP contribution in [0.5, 0.6) is 0 Å². The van der Waals surface area contributed by atoms with Crippen LogP contribution in [0.25, 0.3) is 0 Å². The molecule has 0 atom stereocenters. The third-order valence-corrected chi connectivity index (χ3v) is 6.43. The van der Waals surface area contributed by atoms with Gasteiger partial charge in [0.1, 0.15) is 0 Å². The standard InChI is InChI=1S/C25H33N3O/c1-21-7-9-24(10-8-21)25(29)28-13-11-23(12-14-28)20-27-17-15-26(16-18-27)19-22-5-3-2-4-6-22/h2-10,23H,11-20H2,1H3. The van der Waals surface area contributed by atoms with Gasteiger partial charge in [-0.3, -0.25) is 9.69 Å². The highest BCUT2D eigenvalue weighted by atomic mass is 16.2. The molecule has 2 heterocycles. The summed E-state index contributed by atoms with van der Waals surface area (Å²) in [6.07, 6.45) is 2.25. The van der Waals surface area contributed by atoms with Gasteiger partial charge in [-0.2, -0.15) is 0 Å². The number of hydrogen-bond donors (Lipinski definition) is 0. The maximum Gasteiger partial charge on any atom is 0.253 e. The third-order valence-electron chi connectivity index (χ3n) is 6.43. The lowest BCUT2D eigenvalue weighted by Gasteiger charge is -2.39. The van der Waals surface area contributed by atoms with E-state index < -0.39 is 0 Å². The molecule has 0 aliphatic carbocycles. The van der Waals surface area contributed by atoms with Gasteiger partial charge in [0.15, 0.2) is 0 Å². The molecule has 0 radical (unpaired) electrons. The van der Waals surface area contributed by atoms with Crippen LogP contribution >= 0.6 is 0 Å². The highest BCUT2D eigenvalue weighted by Crippen LogP contribution is 2.21. The van der Waals surface area contributed by atoms with E-state index in [-0.39, 0.29) is 5.91 Å². The Morgan fingerprint density at radius 3 is 2.10 bits per heavy atom. The van der Waals surface area contributed by atoms with Crippen LogP contribution in [0.15, 0.2) is 54.6 Å². The van der Waals surface area contributed by atoms with Crippen molar-refractivity contribution in [1.29, 1.82) is 0 Å². The van der Waals surface area contributed by atoms with Crippen molar-refractivity contribution in [2.24, 2.45) is 5.92 Å². The van der Waals surface area contributed by atoms with Crippen LogP contribution in [-0.2, 0) is 6.54 Å². The molecular weight excluding hydrogens is 358 g/mol. The smallest absolute Gasteiger partial charge is 0.253 e. The molecule has 29 heavy (non-hydrogen) atoms. The second-order valence-corrected chi connectivity index (χ2v) is 8.66. The molecule has 154 valence electrons. The Kier molecular flexibility index (Phi) is 6.63. The van der Waals surface area contributed by atoms with Gasteiger partial charge < -0.3 is 9.80 Å². The number of piperidine rings is 1. The first-order valence-corrected chi connectivity index (χ1v) is 11.0. The predicted molar refractivity (Wildman–Crippen MR) is 118 cm³/mol. The summed E-state index contributed by atoms with van der Waals surface area (Å²) in [4.78, 5) is 19.9. The molecular formula is C25H33N3O. The molecule has 2 aromatic rings. The van der Waals surface area contributed by atoms with Crippen molar-refractivity contribution < 1.29 is 4.79 Å². The summed E-state index contributed by atoms with van der Waals surface area (Å²) in [5, 5.41) is 0. The molecule has 1 amide bonds. The first kappa shape index (κ1) is 20.1. The van der Waals surface area contributed by atoms with E-state index >= 15 is 0 Å². The molecule has 0 spiro atoms. The van der Waals surface area contributed by atoms with Crippen molar-refractivity contribution in [3.63, 3.8) is 0 Å². The zero-order valence-electron chi connectivity index (χ0n) is 17.6. The number of hydrogen-bond acceptors (Lipinski definition) is 3. The fourth-order valence-corrected chi connectivity index (χ4v) is 4.53. The number of benzene rings is 2. The molecule has 2 aliphatic rings. The molecule has 4 heteroatoms. The molecule has 4 nitrogen and oxygen atoms in total. The van der Waals surface area contributed by atoms with Crippen molar-refractivity contribution in [2.75, 3.05) is 45.8 Å². The molecule has 0 bridgehead atoms. The zero-order valence-corrected chi connectivity index (χ0v) is 17.6. The van der Waals surface area contributed by atoms with E-state index in [9.17, 15) is 4.79 Å². The van der Waals surface area contributed by atoms with E-state index in [1.165, 1.54) is 17.7 Å². The fourth-order valence-electron chi connectivity index (χ4n) is 4.53. The first-order valence-electron chi connectivity index (χ1n) is 11.0. The van der Waals surface area contributed by atoms with Crippen molar-refractivity contribution in [1.82, 2.24) is 14.7 Å². The van der Waals surface area contributed by atoms with E-state index in [1.54, 1.807) is 0 Å². The quantitative estimate of drug-likeness (QED) is 0.778. The summed E-state index contributed by atoms with van der Waals surface area (Å²) < 4.78 is 0. The monoisotopic (exact) mass is 391 g/mol. The number of rotatable bonds is 5. The third kappa shape index (κ3) is 5.46. The Morgan fingerprint density at radius 2 is 1.45 bits per heavy atom. The zero-order chi connectivity index (χ0) is 20.1. The predicted octanol–water partition coefficient (Wildman–Crippen LogP) is 3.67. The number of carbonyl (C=O) groups is 1. The van der Waals surface area contributed by atoms with Gasteiger partial charge in [-0.1, -0.05) is 48.0 Å². The summed E-state index contributed by atoms with van der Waals surface area (Å²) in [5.41, 5.74) is 3.43. The minimum Gasteiger partial charge on any atom is -0.339 e. The van der Waals surface area contributed by atoms with Crippen LogP contribution in [0.2, 0.25) is 0 Å². The Morgan fingerprint density at radius 1 is 0.828 bits per heavy atom. The lowest BCUT2D eigenvalue weighted by Crippen LogP contribution is -2.48. The number of likely N-dealkylation sites (tertiary alicyclic amines) is 1. The van der Waals surface area contributed by atoms with Gasteiger partial charge in [0.25, 0.3) is 5.91 Å². The summed E-state index contributed by atoms with van der Waals surface area (Å²) >= 11 is 0. The maximum atomic E-state index is 12.7. The fraction of sp³-hybridized carbons (Fsp3) is 0.480. The molecule has 0 aromatic heterocycles. The SMILES string of the molecule is Cc1ccc(C(=O)N2CCC(CN3CCN(Cc4ccccc4)CC3)CC2)cc1. The Labute approximate surface area is 175 Å². The van der Waals surface area contributed by atoms with Gasteiger partial charge in [0.05, 0.1) is 0 Å². The minimum absolute atomic E-state index is 0.193. The van der Waals surface area contributed by atoms with Crippen LogP contribution in [0.1, 0.15) is 34.3 Å². The van der Waals surface area contributed by atoms with E-state index in [1.807, 2.05) is 29.2 Å². The molecule has 2 aromatic carbocycles. The van der Waals surface area contributed by atoms with Crippen molar-refractivity contribution in [2.45, 2.75) is 26.3 Å². The van der Waals surface area contributed by atoms with Crippen LogP contribution in [0, 0.1) is 12.8 Å². The number of aryl methyl sites for hydroxylation is 1. The molecule has 0 N–H and O–H groups in total. The minimum atomic E-state index is 0.193. The van der Waals surface area contributed by atoms with Gasteiger partial charge >= 0.3 is 0 Å². The van der Waals surface area contributed by atoms with Gasteiger partial charge in [0.2, 0.25) is 0 Å². The lowest BCUT2D eigenvalue weighted by atomic mass is 9.95. The normalized spacial score (nSPS) is 19.4. The Bertz CT molecular complexity index is 773. The molecule has 0 saturated carbocycles. The van der Waals surface area contributed by atoms with Crippen molar-refractivity contribution in [3.8, 4) is 0 Å². The van der Waals surface area contributed by atoms with Crippen LogP contribution in [0.3, 0.4) is 0 Å². The average Bonchev–Trinajstić information content (AvgIpc) is 2.76. The second kappa shape index (κ2) is 9.55. The Hall–Kier alpha value is -2.17.